The summed E-state index contributed by atoms with van der Waals surface area (Å²) >= 11 is 5.78. The zero-order valence-corrected chi connectivity index (χ0v) is 10.9. The first-order chi connectivity index (χ1) is 8.65. The summed E-state index contributed by atoms with van der Waals surface area (Å²) in [5.74, 6) is -0.509. The molecule has 6 heteroatoms. The Hall–Kier alpha value is -1.30. The van der Waals surface area contributed by atoms with Gasteiger partial charge in [-0.25, -0.2) is 4.79 Å². The van der Waals surface area contributed by atoms with Gasteiger partial charge in [-0.15, -0.1) is 0 Å². The molecule has 0 aliphatic rings. The van der Waals surface area contributed by atoms with Gasteiger partial charge in [0, 0.05) is 17.8 Å². The summed E-state index contributed by atoms with van der Waals surface area (Å²) in [4.78, 5) is 11.7. The van der Waals surface area contributed by atoms with Crippen LogP contribution in [0.5, 0.6) is 0 Å². The van der Waals surface area contributed by atoms with Crippen molar-refractivity contribution in [3.8, 4) is 0 Å². The summed E-state index contributed by atoms with van der Waals surface area (Å²) in [7, 11) is 1.59. The zero-order chi connectivity index (χ0) is 13.4. The zero-order valence-electron chi connectivity index (χ0n) is 10.1. The van der Waals surface area contributed by atoms with E-state index in [1.165, 1.54) is 6.07 Å². The third kappa shape index (κ3) is 4.91. The summed E-state index contributed by atoms with van der Waals surface area (Å²) in [6, 6.07) is 4.65. The van der Waals surface area contributed by atoms with E-state index in [1.54, 1.807) is 19.2 Å². The van der Waals surface area contributed by atoms with Crippen molar-refractivity contribution in [1.29, 1.82) is 0 Å². The van der Waals surface area contributed by atoms with E-state index in [9.17, 15) is 4.79 Å². The molecule has 1 aromatic carbocycles. The van der Waals surface area contributed by atoms with E-state index in [0.29, 0.717) is 30.5 Å². The minimum atomic E-state index is -0.509. The first kappa shape index (κ1) is 14.8. The maximum absolute atomic E-state index is 11.7. The number of anilines is 1. The summed E-state index contributed by atoms with van der Waals surface area (Å²) in [5, 5.41) is 0.437. The van der Waals surface area contributed by atoms with Crippen molar-refractivity contribution >= 4 is 23.3 Å². The Labute approximate surface area is 111 Å². The lowest BCUT2D eigenvalue weighted by molar-refractivity contribution is 0.0214. The highest BCUT2D eigenvalue weighted by atomic mass is 35.5. The molecule has 2 N–H and O–H groups in total. The molecule has 0 radical (unpaired) electrons. The van der Waals surface area contributed by atoms with Crippen molar-refractivity contribution in [3.05, 3.63) is 28.8 Å². The monoisotopic (exact) mass is 273 g/mol. The number of hydrogen-bond donors (Lipinski definition) is 1. The Morgan fingerprint density at radius 3 is 2.72 bits per heavy atom. The van der Waals surface area contributed by atoms with Gasteiger partial charge in [0.25, 0.3) is 0 Å². The first-order valence-electron chi connectivity index (χ1n) is 5.44. The smallest absolute Gasteiger partial charge is 0.340 e. The first-order valence-corrected chi connectivity index (χ1v) is 5.81. The van der Waals surface area contributed by atoms with Crippen LogP contribution in [-0.4, -0.2) is 39.5 Å². The van der Waals surface area contributed by atoms with Gasteiger partial charge in [0.05, 0.1) is 25.4 Å². The number of methoxy groups -OCH3 is 1. The van der Waals surface area contributed by atoms with E-state index in [0.717, 1.165) is 0 Å². The van der Waals surface area contributed by atoms with E-state index in [-0.39, 0.29) is 12.2 Å². The predicted octanol–water partition coefficient (Wildman–Crippen LogP) is 1.74. The molecule has 0 bridgehead atoms. The lowest BCUT2D eigenvalue weighted by Crippen LogP contribution is -2.13. The maximum atomic E-state index is 11.7. The molecule has 0 aliphatic carbocycles. The van der Waals surface area contributed by atoms with Crippen LogP contribution in [0, 0.1) is 0 Å². The Morgan fingerprint density at radius 2 is 2.00 bits per heavy atom. The van der Waals surface area contributed by atoms with Crippen LogP contribution in [-0.2, 0) is 14.2 Å². The second-order valence-electron chi connectivity index (χ2n) is 3.47. The molecule has 0 fully saturated rings. The third-order valence-corrected chi connectivity index (χ3v) is 2.36. The molecule has 0 atom stereocenters. The van der Waals surface area contributed by atoms with Gasteiger partial charge >= 0.3 is 5.97 Å². The van der Waals surface area contributed by atoms with Crippen molar-refractivity contribution in [2.45, 2.75) is 0 Å². The van der Waals surface area contributed by atoms with Gasteiger partial charge in [0.2, 0.25) is 0 Å². The van der Waals surface area contributed by atoms with Gasteiger partial charge in [0.1, 0.15) is 6.61 Å². The van der Waals surface area contributed by atoms with Crippen LogP contribution >= 0.6 is 11.6 Å². The summed E-state index contributed by atoms with van der Waals surface area (Å²) in [6.07, 6.45) is 0. The molecule has 0 heterocycles. The summed E-state index contributed by atoms with van der Waals surface area (Å²) in [5.41, 5.74) is 6.25. The lowest BCUT2D eigenvalue weighted by atomic mass is 10.2. The Bertz CT molecular complexity index is 398. The average Bonchev–Trinajstić information content (AvgIpc) is 2.36. The molecule has 0 aromatic heterocycles. The largest absolute Gasteiger partial charge is 0.460 e. The van der Waals surface area contributed by atoms with Crippen LogP contribution in [0.15, 0.2) is 18.2 Å². The van der Waals surface area contributed by atoms with Crippen LogP contribution in [0.4, 0.5) is 5.69 Å². The lowest BCUT2D eigenvalue weighted by Gasteiger charge is -2.07. The molecular formula is C12H16ClNO4. The Morgan fingerprint density at radius 1 is 1.28 bits per heavy atom. The predicted molar refractivity (Wildman–Crippen MR) is 68.8 cm³/mol. The molecule has 5 nitrogen and oxygen atoms in total. The van der Waals surface area contributed by atoms with Gasteiger partial charge < -0.3 is 19.9 Å². The highest BCUT2D eigenvalue weighted by Gasteiger charge is 2.11. The number of esters is 1. The topological polar surface area (TPSA) is 70.8 Å². The maximum Gasteiger partial charge on any atom is 0.340 e. The third-order valence-electron chi connectivity index (χ3n) is 2.13. The minimum Gasteiger partial charge on any atom is -0.460 e. The van der Waals surface area contributed by atoms with Crippen LogP contribution in [0.3, 0.4) is 0 Å². The van der Waals surface area contributed by atoms with Crippen molar-refractivity contribution in [2.75, 3.05) is 39.3 Å². The van der Waals surface area contributed by atoms with Crippen LogP contribution < -0.4 is 5.73 Å². The molecule has 100 valence electrons. The fraction of sp³-hybridized carbons (Fsp3) is 0.417. The van der Waals surface area contributed by atoms with Crippen LogP contribution in [0.2, 0.25) is 5.02 Å². The molecule has 0 aliphatic heterocycles. The fourth-order valence-corrected chi connectivity index (χ4v) is 1.39. The number of halogens is 1. The number of ether oxygens (including phenoxy) is 3. The second kappa shape index (κ2) is 7.92. The highest BCUT2D eigenvalue weighted by Crippen LogP contribution is 2.18. The number of rotatable bonds is 7. The molecule has 1 rings (SSSR count). The number of hydrogen-bond acceptors (Lipinski definition) is 5. The van der Waals surface area contributed by atoms with Crippen molar-refractivity contribution in [1.82, 2.24) is 0 Å². The molecule has 18 heavy (non-hydrogen) atoms. The van der Waals surface area contributed by atoms with Crippen molar-refractivity contribution < 1.29 is 19.0 Å². The average molecular weight is 274 g/mol. The van der Waals surface area contributed by atoms with Gasteiger partial charge in [0.15, 0.2) is 0 Å². The van der Waals surface area contributed by atoms with E-state index in [4.69, 9.17) is 31.5 Å². The quantitative estimate of drug-likeness (QED) is 0.465. The Balaban J connectivity index is 2.34. The molecule has 0 amide bonds. The van der Waals surface area contributed by atoms with E-state index in [2.05, 4.69) is 0 Å². The summed E-state index contributed by atoms with van der Waals surface area (Å²) in [6.45, 7) is 1.45. The van der Waals surface area contributed by atoms with Gasteiger partial charge in [-0.2, -0.15) is 0 Å². The van der Waals surface area contributed by atoms with E-state index >= 15 is 0 Å². The second-order valence-corrected chi connectivity index (χ2v) is 3.91. The minimum absolute atomic E-state index is 0.161. The van der Waals surface area contributed by atoms with Gasteiger partial charge in [-0.3, -0.25) is 0 Å². The molecular weight excluding hydrogens is 258 g/mol. The van der Waals surface area contributed by atoms with Crippen molar-refractivity contribution in [3.63, 3.8) is 0 Å². The fourth-order valence-electron chi connectivity index (χ4n) is 1.22. The molecule has 0 unspecified atom stereocenters. The van der Waals surface area contributed by atoms with Gasteiger partial charge in [-0.1, -0.05) is 11.6 Å². The van der Waals surface area contributed by atoms with Crippen molar-refractivity contribution in [2.24, 2.45) is 0 Å². The number of carbonyl (C=O) groups is 1. The number of nitrogen functional groups attached to an aromatic ring is 1. The van der Waals surface area contributed by atoms with Crippen LogP contribution in [0.25, 0.3) is 0 Å². The standard InChI is InChI=1S/C12H16ClNO4/c1-16-4-5-17-6-7-18-12(15)10-8-9(13)2-3-11(10)14/h2-3,8H,4-7,14H2,1H3. The molecule has 0 saturated carbocycles. The Kier molecular flexibility index (Phi) is 6.49. The molecule has 0 spiro atoms. The number of nitrogens with two attached hydrogens (primary N) is 1. The van der Waals surface area contributed by atoms with Gasteiger partial charge in [-0.05, 0) is 18.2 Å². The SMILES string of the molecule is COCCOCCOC(=O)c1cc(Cl)ccc1N. The normalized spacial score (nSPS) is 10.3. The molecule has 1 aromatic rings. The van der Waals surface area contributed by atoms with Crippen LogP contribution in [0.1, 0.15) is 10.4 Å². The number of carbonyl (C=O) groups excluding carboxylic acids is 1. The number of benzene rings is 1. The highest BCUT2D eigenvalue weighted by molar-refractivity contribution is 6.31. The molecule has 0 saturated heterocycles. The summed E-state index contributed by atoms with van der Waals surface area (Å²) < 4.78 is 15.0. The van der Waals surface area contributed by atoms with E-state index in [1.807, 2.05) is 0 Å². The van der Waals surface area contributed by atoms with E-state index < -0.39 is 5.97 Å².